The Morgan fingerprint density at radius 2 is 2.00 bits per heavy atom. The van der Waals surface area contributed by atoms with Crippen molar-refractivity contribution in [1.29, 1.82) is 0 Å². The van der Waals surface area contributed by atoms with Crippen molar-refractivity contribution in [3.63, 3.8) is 0 Å². The predicted octanol–water partition coefficient (Wildman–Crippen LogP) is 2.85. The number of benzene rings is 1. The zero-order valence-corrected chi connectivity index (χ0v) is 14.1. The summed E-state index contributed by atoms with van der Waals surface area (Å²) < 4.78 is 5.63. The van der Waals surface area contributed by atoms with Crippen LogP contribution in [0.4, 0.5) is 0 Å². The Bertz CT molecular complexity index is 444. The standard InChI is InChI=1S/C16H26N2O2.ClH/c1-5-12(2)13-8-6-7-9-14(13)20-10-15(19)18-11-16(3,4)17;/h6-9,12H,5,10-11,17H2,1-4H3,(H,18,19);1H. The molecule has 5 heteroatoms. The number of carbonyl (C=O) groups excluding carboxylic acids is 1. The van der Waals surface area contributed by atoms with E-state index >= 15 is 0 Å². The molecule has 0 spiro atoms. The fourth-order valence-corrected chi connectivity index (χ4v) is 1.76. The van der Waals surface area contributed by atoms with Crippen molar-refractivity contribution in [1.82, 2.24) is 5.32 Å². The molecule has 1 aromatic rings. The van der Waals surface area contributed by atoms with Crippen LogP contribution in [0.15, 0.2) is 24.3 Å². The quantitative estimate of drug-likeness (QED) is 0.813. The summed E-state index contributed by atoms with van der Waals surface area (Å²) in [6, 6.07) is 7.86. The maximum Gasteiger partial charge on any atom is 0.258 e. The Balaban J connectivity index is 0.00000400. The highest BCUT2D eigenvalue weighted by Gasteiger charge is 2.14. The van der Waals surface area contributed by atoms with Crippen molar-refractivity contribution in [2.24, 2.45) is 5.73 Å². The number of nitrogens with one attached hydrogen (secondary N) is 1. The molecule has 0 aliphatic heterocycles. The minimum atomic E-state index is -0.412. The maximum absolute atomic E-state index is 11.7. The third-order valence-corrected chi connectivity index (χ3v) is 3.16. The zero-order chi connectivity index (χ0) is 15.2. The third kappa shape index (κ3) is 7.34. The largest absolute Gasteiger partial charge is 0.483 e. The highest BCUT2D eigenvalue weighted by atomic mass is 35.5. The van der Waals surface area contributed by atoms with Crippen molar-refractivity contribution in [2.75, 3.05) is 13.2 Å². The Morgan fingerprint density at radius 3 is 2.57 bits per heavy atom. The van der Waals surface area contributed by atoms with E-state index in [-0.39, 0.29) is 24.9 Å². The van der Waals surface area contributed by atoms with E-state index in [0.717, 1.165) is 17.7 Å². The van der Waals surface area contributed by atoms with Gasteiger partial charge in [0.05, 0.1) is 0 Å². The highest BCUT2D eigenvalue weighted by Crippen LogP contribution is 2.28. The number of hydrogen-bond donors (Lipinski definition) is 2. The van der Waals surface area contributed by atoms with Crippen LogP contribution in [0.1, 0.15) is 45.6 Å². The average molecular weight is 315 g/mol. The second kappa shape index (κ2) is 8.90. The summed E-state index contributed by atoms with van der Waals surface area (Å²) in [6.07, 6.45) is 1.04. The molecular weight excluding hydrogens is 288 g/mol. The Morgan fingerprint density at radius 1 is 1.38 bits per heavy atom. The highest BCUT2D eigenvalue weighted by molar-refractivity contribution is 5.85. The summed E-state index contributed by atoms with van der Waals surface area (Å²) in [5, 5.41) is 2.77. The van der Waals surface area contributed by atoms with Gasteiger partial charge in [-0.3, -0.25) is 4.79 Å². The van der Waals surface area contributed by atoms with Crippen LogP contribution in [0.3, 0.4) is 0 Å². The van der Waals surface area contributed by atoms with E-state index in [2.05, 4.69) is 19.2 Å². The summed E-state index contributed by atoms with van der Waals surface area (Å²) in [6.45, 7) is 8.47. The van der Waals surface area contributed by atoms with E-state index in [1.807, 2.05) is 38.1 Å². The van der Waals surface area contributed by atoms with Crippen LogP contribution >= 0.6 is 12.4 Å². The number of hydrogen-bond acceptors (Lipinski definition) is 3. The molecular formula is C16H27ClN2O2. The van der Waals surface area contributed by atoms with Gasteiger partial charge in [-0.15, -0.1) is 12.4 Å². The predicted molar refractivity (Wildman–Crippen MR) is 89.2 cm³/mol. The number of halogens is 1. The van der Waals surface area contributed by atoms with Gasteiger partial charge in [0.2, 0.25) is 0 Å². The first-order chi connectivity index (χ1) is 9.33. The molecule has 21 heavy (non-hydrogen) atoms. The molecule has 0 aromatic heterocycles. The molecule has 0 radical (unpaired) electrons. The molecule has 0 saturated carbocycles. The molecule has 4 nitrogen and oxygen atoms in total. The van der Waals surface area contributed by atoms with Gasteiger partial charge in [0, 0.05) is 12.1 Å². The molecule has 0 bridgehead atoms. The Hall–Kier alpha value is -1.26. The molecule has 3 N–H and O–H groups in total. The molecule has 1 aromatic carbocycles. The lowest BCUT2D eigenvalue weighted by Crippen LogP contribution is -2.46. The van der Waals surface area contributed by atoms with Crippen molar-refractivity contribution in [3.8, 4) is 5.75 Å². The average Bonchev–Trinajstić information content (AvgIpc) is 2.41. The molecule has 0 fully saturated rings. The molecule has 0 aliphatic carbocycles. The lowest BCUT2D eigenvalue weighted by atomic mass is 9.98. The zero-order valence-electron chi connectivity index (χ0n) is 13.3. The van der Waals surface area contributed by atoms with Crippen LogP contribution in [-0.2, 0) is 4.79 Å². The lowest BCUT2D eigenvalue weighted by molar-refractivity contribution is -0.123. The minimum Gasteiger partial charge on any atom is -0.483 e. The Labute approximate surface area is 133 Å². The van der Waals surface area contributed by atoms with E-state index in [1.54, 1.807) is 0 Å². The fourth-order valence-electron chi connectivity index (χ4n) is 1.76. The van der Waals surface area contributed by atoms with Crippen LogP contribution in [-0.4, -0.2) is 24.6 Å². The van der Waals surface area contributed by atoms with E-state index < -0.39 is 5.54 Å². The molecule has 1 atom stereocenters. The maximum atomic E-state index is 11.7. The third-order valence-electron chi connectivity index (χ3n) is 3.16. The van der Waals surface area contributed by atoms with E-state index in [4.69, 9.17) is 10.5 Å². The van der Waals surface area contributed by atoms with E-state index in [9.17, 15) is 4.79 Å². The SMILES string of the molecule is CCC(C)c1ccccc1OCC(=O)NCC(C)(C)N.Cl. The number of carbonyl (C=O) groups is 1. The van der Waals surface area contributed by atoms with Gasteiger partial charge in [-0.2, -0.15) is 0 Å². The molecule has 0 heterocycles. The number of para-hydroxylation sites is 1. The first-order valence-electron chi connectivity index (χ1n) is 7.10. The normalized spacial score (nSPS) is 12.2. The fraction of sp³-hybridized carbons (Fsp3) is 0.562. The van der Waals surface area contributed by atoms with Crippen molar-refractivity contribution in [2.45, 2.75) is 45.6 Å². The number of nitrogens with two attached hydrogens (primary N) is 1. The van der Waals surface area contributed by atoms with E-state index in [0.29, 0.717) is 12.5 Å². The summed E-state index contributed by atoms with van der Waals surface area (Å²) in [5.41, 5.74) is 6.55. The van der Waals surface area contributed by atoms with Gasteiger partial charge in [0.15, 0.2) is 6.61 Å². The first-order valence-corrected chi connectivity index (χ1v) is 7.10. The molecule has 120 valence electrons. The number of amides is 1. The van der Waals surface area contributed by atoms with Crippen LogP contribution in [0, 0.1) is 0 Å². The minimum absolute atomic E-state index is 0. The van der Waals surface area contributed by atoms with Crippen LogP contribution < -0.4 is 15.8 Å². The number of rotatable bonds is 7. The summed E-state index contributed by atoms with van der Waals surface area (Å²) >= 11 is 0. The van der Waals surface area contributed by atoms with E-state index in [1.165, 1.54) is 0 Å². The van der Waals surface area contributed by atoms with Crippen molar-refractivity contribution >= 4 is 18.3 Å². The van der Waals surface area contributed by atoms with Crippen LogP contribution in [0.5, 0.6) is 5.75 Å². The second-order valence-corrected chi connectivity index (χ2v) is 5.90. The monoisotopic (exact) mass is 314 g/mol. The summed E-state index contributed by atoms with van der Waals surface area (Å²) in [5.74, 6) is 1.05. The van der Waals surface area contributed by atoms with Crippen LogP contribution in [0.2, 0.25) is 0 Å². The van der Waals surface area contributed by atoms with Gasteiger partial charge in [-0.05, 0) is 37.8 Å². The van der Waals surface area contributed by atoms with Crippen LogP contribution in [0.25, 0.3) is 0 Å². The van der Waals surface area contributed by atoms with Gasteiger partial charge in [-0.25, -0.2) is 0 Å². The topological polar surface area (TPSA) is 64.3 Å². The Kier molecular flexibility index (Phi) is 8.37. The molecule has 0 aliphatic rings. The molecule has 0 saturated heterocycles. The second-order valence-electron chi connectivity index (χ2n) is 5.90. The number of ether oxygens (including phenoxy) is 1. The lowest BCUT2D eigenvalue weighted by Gasteiger charge is -2.19. The van der Waals surface area contributed by atoms with Gasteiger partial charge in [0.1, 0.15) is 5.75 Å². The molecule has 1 rings (SSSR count). The van der Waals surface area contributed by atoms with Crippen molar-refractivity contribution < 1.29 is 9.53 Å². The van der Waals surface area contributed by atoms with Gasteiger partial charge >= 0.3 is 0 Å². The van der Waals surface area contributed by atoms with Crippen molar-refractivity contribution in [3.05, 3.63) is 29.8 Å². The van der Waals surface area contributed by atoms with Gasteiger partial charge < -0.3 is 15.8 Å². The summed E-state index contributed by atoms with van der Waals surface area (Å²) in [7, 11) is 0. The summed E-state index contributed by atoms with van der Waals surface area (Å²) in [4.78, 5) is 11.7. The molecule has 1 amide bonds. The first kappa shape index (κ1) is 19.7. The van der Waals surface area contributed by atoms with Gasteiger partial charge in [0.25, 0.3) is 5.91 Å². The smallest absolute Gasteiger partial charge is 0.258 e. The van der Waals surface area contributed by atoms with Gasteiger partial charge in [-0.1, -0.05) is 32.0 Å². The molecule has 1 unspecified atom stereocenters.